The van der Waals surface area contributed by atoms with Crippen LogP contribution >= 0.6 is 30.3 Å². The lowest BCUT2D eigenvalue weighted by Gasteiger charge is -2.04. The third-order valence-electron chi connectivity index (χ3n) is 4.42. The third kappa shape index (κ3) is 1.88. The highest BCUT2D eigenvalue weighted by atomic mass is 127. The zero-order chi connectivity index (χ0) is 16.3. The summed E-state index contributed by atoms with van der Waals surface area (Å²) in [6, 6.07) is 10.6. The molecule has 0 radical (unpaired) electrons. The van der Waals surface area contributed by atoms with E-state index < -0.39 is 0 Å². The minimum Gasteiger partial charge on any atom is -0.360 e. The van der Waals surface area contributed by atoms with Crippen LogP contribution in [0, 0.1) is 0 Å². The number of rotatable bonds is 2. The van der Waals surface area contributed by atoms with Gasteiger partial charge in [-0.1, -0.05) is 18.2 Å². The maximum atomic E-state index is 4.68. The maximum absolute atomic E-state index is 4.68. The molecule has 5 rings (SSSR count). The lowest BCUT2D eigenvalue weighted by molar-refractivity contribution is 0.799. The highest BCUT2D eigenvalue weighted by Gasteiger charge is 2.18. The number of halogens is 1. The minimum absolute atomic E-state index is 0.964. The largest absolute Gasteiger partial charge is 0.360 e. The molecule has 0 bridgehead atoms. The fourth-order valence-electron chi connectivity index (χ4n) is 3.33. The van der Waals surface area contributed by atoms with Crippen LogP contribution in [-0.2, 0) is 7.05 Å². The Balaban J connectivity index is 1.91. The molecule has 0 unspecified atom stereocenters. The second kappa shape index (κ2) is 5.25. The van der Waals surface area contributed by atoms with E-state index in [1.54, 1.807) is 9.12 Å². The molecule has 24 heavy (non-hydrogen) atoms. The van der Waals surface area contributed by atoms with Gasteiger partial charge in [0.2, 0.25) is 0 Å². The van der Waals surface area contributed by atoms with E-state index in [1.165, 1.54) is 10.9 Å². The summed E-state index contributed by atoms with van der Waals surface area (Å²) in [5, 5.41) is 7.78. The van der Waals surface area contributed by atoms with E-state index in [0.29, 0.717) is 0 Å². The molecule has 0 aliphatic carbocycles. The molecule has 0 fully saturated rings. The highest BCUT2D eigenvalue weighted by molar-refractivity contribution is 14.2. The molecule has 4 aromatic heterocycles. The number of fused-ring (bicyclic) bond motifs is 4. The summed E-state index contributed by atoms with van der Waals surface area (Å²) >= 11 is 2.31. The second-order valence-electron chi connectivity index (χ2n) is 5.71. The van der Waals surface area contributed by atoms with Crippen LogP contribution in [0.15, 0.2) is 48.9 Å². The number of nitrogens with zero attached hydrogens (tertiary/aromatic N) is 4. The first-order chi connectivity index (χ1) is 11.8. The Morgan fingerprint density at radius 3 is 2.92 bits per heavy atom. The van der Waals surface area contributed by atoms with Gasteiger partial charge in [0, 0.05) is 77.0 Å². The Kier molecular flexibility index (Phi) is 3.14. The first-order valence-electron chi connectivity index (χ1n) is 7.45. The van der Waals surface area contributed by atoms with Crippen molar-refractivity contribution in [1.29, 1.82) is 0 Å². The zero-order valence-corrected chi connectivity index (χ0v) is 15.7. The molecular weight excluding hydrogens is 433 g/mol. The molecule has 5 aromatic rings. The van der Waals surface area contributed by atoms with Gasteiger partial charge in [-0.2, -0.15) is 5.10 Å². The van der Waals surface area contributed by atoms with Gasteiger partial charge in [0.05, 0.1) is 17.4 Å². The van der Waals surface area contributed by atoms with Crippen molar-refractivity contribution in [3.05, 3.63) is 48.9 Å². The molecule has 0 amide bonds. The second-order valence-corrected chi connectivity index (χ2v) is 7.39. The summed E-state index contributed by atoms with van der Waals surface area (Å²) in [6.45, 7) is 0. The van der Waals surface area contributed by atoms with Crippen molar-refractivity contribution in [2.45, 2.75) is 0 Å². The molecule has 7 heteroatoms. The number of para-hydroxylation sites is 1. The molecule has 0 atom stereocenters. The summed E-state index contributed by atoms with van der Waals surface area (Å²) in [5.41, 5.74) is 5.55. The molecule has 0 aliphatic rings. The van der Waals surface area contributed by atoms with Crippen molar-refractivity contribution < 1.29 is 0 Å². The first-order valence-corrected chi connectivity index (χ1v) is 10.8. The van der Waals surface area contributed by atoms with E-state index in [2.05, 4.69) is 70.7 Å². The topological polar surface area (TPSA) is 51.4 Å². The van der Waals surface area contributed by atoms with Crippen molar-refractivity contribution >= 4 is 63.2 Å². The Labute approximate surface area is 153 Å². The van der Waals surface area contributed by atoms with E-state index in [9.17, 15) is 0 Å². The Bertz CT molecular complexity index is 1220. The van der Waals surface area contributed by atoms with Gasteiger partial charge in [0.25, 0.3) is 0 Å². The monoisotopic (exact) mass is 445 g/mol. The number of nitrogens with one attached hydrogen (secondary N) is 1. The lowest BCUT2D eigenvalue weighted by atomic mass is 10.1. The number of aromatic nitrogens is 5. The van der Waals surface area contributed by atoms with Crippen LogP contribution in [0.2, 0.25) is 0 Å². The zero-order valence-electron chi connectivity index (χ0n) is 12.7. The third-order valence-corrected chi connectivity index (χ3v) is 6.10. The number of H-pyrrole nitrogens is 1. The summed E-state index contributed by atoms with van der Waals surface area (Å²) < 4.78 is 4.10. The maximum Gasteiger partial charge on any atom is 0.153 e. The predicted molar refractivity (Wildman–Crippen MR) is 108 cm³/mol. The Morgan fingerprint density at radius 1 is 1.17 bits per heavy atom. The quantitative estimate of drug-likeness (QED) is 0.393. The standard InChI is InChI=1S/C17H12IN5S/c1-22-16-10(8-21-22)7-20-17-12(16)6-15(23(17)24-18)13-9-19-14-5-3-2-4-11(13)14/h2-9,19H,1H3. The van der Waals surface area contributed by atoms with Crippen molar-refractivity contribution in [3.63, 3.8) is 0 Å². The summed E-state index contributed by atoms with van der Waals surface area (Å²) in [5.74, 6) is 0. The average Bonchev–Trinajstić information content (AvgIpc) is 3.28. The van der Waals surface area contributed by atoms with Crippen LogP contribution in [0.1, 0.15) is 0 Å². The van der Waals surface area contributed by atoms with Crippen LogP contribution in [0.3, 0.4) is 0 Å². The van der Waals surface area contributed by atoms with E-state index in [-0.39, 0.29) is 0 Å². The van der Waals surface area contributed by atoms with Gasteiger partial charge in [-0.05, 0) is 12.1 Å². The fraction of sp³-hybridized carbons (Fsp3) is 0.0588. The van der Waals surface area contributed by atoms with Gasteiger partial charge in [0.1, 0.15) is 0 Å². The molecule has 0 spiro atoms. The number of aromatic amines is 1. The Hall–Kier alpha value is -2.00. The van der Waals surface area contributed by atoms with Gasteiger partial charge in [-0.15, -0.1) is 0 Å². The van der Waals surface area contributed by atoms with E-state index in [4.69, 9.17) is 0 Å². The molecule has 4 heterocycles. The molecular formula is C17H12IN5S. The lowest BCUT2D eigenvalue weighted by Crippen LogP contribution is -1.91. The van der Waals surface area contributed by atoms with Gasteiger partial charge >= 0.3 is 0 Å². The molecule has 0 saturated heterocycles. The molecule has 0 aliphatic heterocycles. The molecule has 0 saturated carbocycles. The van der Waals surface area contributed by atoms with Crippen molar-refractivity contribution in [3.8, 4) is 11.3 Å². The van der Waals surface area contributed by atoms with Crippen molar-refractivity contribution in [2.24, 2.45) is 7.05 Å². The number of benzene rings is 1. The Morgan fingerprint density at radius 2 is 2.04 bits per heavy atom. The first kappa shape index (κ1) is 14.4. The van der Waals surface area contributed by atoms with Crippen LogP contribution in [0.4, 0.5) is 0 Å². The average molecular weight is 445 g/mol. The molecule has 1 N–H and O–H groups in total. The minimum atomic E-state index is 0.964. The number of hydrogen-bond acceptors (Lipinski definition) is 3. The number of aryl methyl sites for hydroxylation is 1. The van der Waals surface area contributed by atoms with Crippen LogP contribution in [-0.4, -0.2) is 23.7 Å². The van der Waals surface area contributed by atoms with E-state index in [1.807, 2.05) is 30.2 Å². The number of pyridine rings is 1. The van der Waals surface area contributed by atoms with E-state index in [0.717, 1.165) is 33.1 Å². The van der Waals surface area contributed by atoms with Gasteiger partial charge in [0.15, 0.2) is 5.65 Å². The molecule has 5 nitrogen and oxygen atoms in total. The van der Waals surface area contributed by atoms with Crippen LogP contribution in [0.5, 0.6) is 0 Å². The van der Waals surface area contributed by atoms with Crippen molar-refractivity contribution in [1.82, 2.24) is 23.7 Å². The summed E-state index contributed by atoms with van der Waals surface area (Å²) in [6.07, 6.45) is 5.83. The normalized spacial score (nSPS) is 11.9. The smallest absolute Gasteiger partial charge is 0.153 e. The van der Waals surface area contributed by atoms with Gasteiger partial charge < -0.3 is 4.98 Å². The van der Waals surface area contributed by atoms with Gasteiger partial charge in [-0.25, -0.2) is 4.98 Å². The van der Waals surface area contributed by atoms with E-state index >= 15 is 0 Å². The van der Waals surface area contributed by atoms with Crippen molar-refractivity contribution in [2.75, 3.05) is 0 Å². The predicted octanol–water partition coefficient (Wildman–Crippen LogP) is 4.92. The summed E-state index contributed by atoms with van der Waals surface area (Å²) in [7, 11) is 3.61. The molecule has 1 aromatic carbocycles. The number of hydrogen-bond donors (Lipinski definition) is 1. The summed E-state index contributed by atoms with van der Waals surface area (Å²) in [4.78, 5) is 8.04. The van der Waals surface area contributed by atoms with Gasteiger partial charge in [-0.3, -0.25) is 8.65 Å². The van der Waals surface area contributed by atoms with Crippen LogP contribution < -0.4 is 0 Å². The SMILES string of the molecule is Cn1ncc2cnc3c(cc(-c4c[nH]c5ccccc45)n3SI)c21. The highest BCUT2D eigenvalue weighted by Crippen LogP contribution is 2.38. The fourth-order valence-corrected chi connectivity index (χ4v) is 4.96. The van der Waals surface area contributed by atoms with Crippen LogP contribution in [0.25, 0.3) is 44.1 Å². The molecule has 118 valence electrons.